The Bertz CT molecular complexity index is 704. The largest absolute Gasteiger partial charge is 0.459 e. The predicted octanol–water partition coefficient (Wildman–Crippen LogP) is 3.06. The van der Waals surface area contributed by atoms with Gasteiger partial charge in [-0.25, -0.2) is 4.79 Å². The van der Waals surface area contributed by atoms with Gasteiger partial charge in [0.1, 0.15) is 0 Å². The molecule has 0 radical (unpaired) electrons. The molecule has 4 nitrogen and oxygen atoms in total. The molecule has 0 saturated heterocycles. The molecule has 0 fully saturated rings. The smallest absolute Gasteiger partial charge is 0.339 e. The third kappa shape index (κ3) is 2.63. The lowest BCUT2D eigenvalue weighted by Gasteiger charge is -2.12. The quantitative estimate of drug-likeness (QED) is 0.860. The lowest BCUT2D eigenvalue weighted by Crippen LogP contribution is -2.19. The zero-order valence-electron chi connectivity index (χ0n) is 10.9. The molecule has 0 aliphatic carbocycles. The minimum absolute atomic E-state index is 0.250. The number of aromatic amines is 1. The molecule has 100 valence electrons. The van der Waals surface area contributed by atoms with Crippen molar-refractivity contribution in [1.82, 2.24) is 4.98 Å². The number of nitrogens with one attached hydrogen (secondary N) is 1. The van der Waals surface area contributed by atoms with Crippen molar-refractivity contribution < 1.29 is 9.53 Å². The molecule has 2 rings (SSSR count). The van der Waals surface area contributed by atoms with Crippen molar-refractivity contribution in [2.24, 2.45) is 0 Å². The Labute approximate surface area is 115 Å². The maximum absolute atomic E-state index is 12.1. The van der Waals surface area contributed by atoms with Crippen molar-refractivity contribution in [2.75, 3.05) is 0 Å². The zero-order chi connectivity index (χ0) is 14.2. The Kier molecular flexibility index (Phi) is 3.62. The van der Waals surface area contributed by atoms with Crippen LogP contribution >= 0.6 is 11.6 Å². The molecule has 1 aromatic carbocycles. The number of ether oxygens (including phenoxy) is 1. The Hall–Kier alpha value is -1.81. The van der Waals surface area contributed by atoms with E-state index in [-0.39, 0.29) is 17.2 Å². The molecule has 0 saturated carbocycles. The fourth-order valence-corrected chi connectivity index (χ4v) is 2.07. The van der Waals surface area contributed by atoms with E-state index in [1.807, 2.05) is 0 Å². The van der Waals surface area contributed by atoms with Gasteiger partial charge in [0.05, 0.1) is 11.7 Å². The second kappa shape index (κ2) is 5.05. The van der Waals surface area contributed by atoms with Crippen molar-refractivity contribution in [3.05, 3.63) is 44.7 Å². The first kappa shape index (κ1) is 13.6. The van der Waals surface area contributed by atoms with Gasteiger partial charge in [-0.1, -0.05) is 11.6 Å². The molecule has 19 heavy (non-hydrogen) atoms. The summed E-state index contributed by atoms with van der Waals surface area (Å²) in [4.78, 5) is 26.7. The average molecular weight is 280 g/mol. The van der Waals surface area contributed by atoms with Gasteiger partial charge in [0.2, 0.25) is 0 Å². The van der Waals surface area contributed by atoms with Gasteiger partial charge in [-0.2, -0.15) is 0 Å². The fourth-order valence-electron chi connectivity index (χ4n) is 1.90. The molecule has 1 aromatic heterocycles. The molecular formula is C14H14ClNO3. The molecule has 0 atom stereocenters. The van der Waals surface area contributed by atoms with E-state index < -0.39 is 5.97 Å². The molecule has 0 aliphatic heterocycles. The van der Waals surface area contributed by atoms with Crippen LogP contribution in [0.15, 0.2) is 23.0 Å². The molecule has 0 bridgehead atoms. The zero-order valence-corrected chi connectivity index (χ0v) is 11.7. The highest BCUT2D eigenvalue weighted by Gasteiger charge is 2.18. The van der Waals surface area contributed by atoms with E-state index in [9.17, 15) is 9.59 Å². The van der Waals surface area contributed by atoms with E-state index in [1.54, 1.807) is 39.0 Å². The summed E-state index contributed by atoms with van der Waals surface area (Å²) in [5.41, 5.74) is 0.872. The Morgan fingerprint density at radius 1 is 1.37 bits per heavy atom. The van der Waals surface area contributed by atoms with Crippen LogP contribution in [0.2, 0.25) is 5.02 Å². The third-order valence-electron chi connectivity index (χ3n) is 2.76. The first-order valence-corrected chi connectivity index (χ1v) is 6.31. The summed E-state index contributed by atoms with van der Waals surface area (Å²) in [5, 5.41) is 1.09. The normalized spacial score (nSPS) is 11.0. The van der Waals surface area contributed by atoms with Gasteiger partial charge in [0.15, 0.2) is 0 Å². The molecule has 0 spiro atoms. The van der Waals surface area contributed by atoms with Gasteiger partial charge in [-0.15, -0.1) is 0 Å². The number of H-pyrrole nitrogens is 1. The van der Waals surface area contributed by atoms with Gasteiger partial charge >= 0.3 is 5.97 Å². The summed E-state index contributed by atoms with van der Waals surface area (Å²) in [6.45, 7) is 5.11. The molecule has 1 heterocycles. The number of benzene rings is 1. The maximum atomic E-state index is 12.1. The van der Waals surface area contributed by atoms with Gasteiger partial charge in [0.25, 0.3) is 5.56 Å². The highest BCUT2D eigenvalue weighted by Crippen LogP contribution is 2.23. The van der Waals surface area contributed by atoms with Crippen LogP contribution in [0.3, 0.4) is 0 Å². The van der Waals surface area contributed by atoms with E-state index in [0.29, 0.717) is 21.5 Å². The lowest BCUT2D eigenvalue weighted by atomic mass is 10.0. The van der Waals surface area contributed by atoms with Gasteiger partial charge in [0, 0.05) is 21.5 Å². The topological polar surface area (TPSA) is 59.2 Å². The molecule has 2 aromatic rings. The SMILES string of the molecule is Cc1c(C(=O)OC(C)C)c2cc(Cl)ccc2[nH]c1=O. The predicted molar refractivity (Wildman–Crippen MR) is 74.9 cm³/mol. The second-order valence-corrected chi connectivity index (χ2v) is 5.03. The van der Waals surface area contributed by atoms with Crippen LogP contribution in [0.4, 0.5) is 0 Å². The number of pyridine rings is 1. The summed E-state index contributed by atoms with van der Waals surface area (Å²) < 4.78 is 5.19. The van der Waals surface area contributed by atoms with Crippen molar-refractivity contribution >= 4 is 28.5 Å². The van der Waals surface area contributed by atoms with Crippen LogP contribution in [0.5, 0.6) is 0 Å². The van der Waals surface area contributed by atoms with Gasteiger partial charge in [-0.3, -0.25) is 4.79 Å². The highest BCUT2D eigenvalue weighted by molar-refractivity contribution is 6.31. The number of halogens is 1. The van der Waals surface area contributed by atoms with Crippen molar-refractivity contribution in [3.8, 4) is 0 Å². The molecular weight excluding hydrogens is 266 g/mol. The first-order chi connectivity index (χ1) is 8.90. The number of aromatic nitrogens is 1. The van der Waals surface area contributed by atoms with E-state index >= 15 is 0 Å². The van der Waals surface area contributed by atoms with E-state index in [2.05, 4.69) is 4.98 Å². The maximum Gasteiger partial charge on any atom is 0.339 e. The number of esters is 1. The average Bonchev–Trinajstić information content (AvgIpc) is 2.30. The molecule has 0 unspecified atom stereocenters. The third-order valence-corrected chi connectivity index (χ3v) is 3.00. The summed E-state index contributed by atoms with van der Waals surface area (Å²) >= 11 is 5.95. The van der Waals surface area contributed by atoms with Gasteiger partial charge < -0.3 is 9.72 Å². The minimum Gasteiger partial charge on any atom is -0.459 e. The Morgan fingerprint density at radius 3 is 2.68 bits per heavy atom. The van der Waals surface area contributed by atoms with Crippen LogP contribution < -0.4 is 5.56 Å². The molecule has 5 heteroatoms. The number of fused-ring (bicyclic) bond motifs is 1. The van der Waals surface area contributed by atoms with Crippen LogP contribution in [0, 0.1) is 6.92 Å². The summed E-state index contributed by atoms with van der Waals surface area (Å²) in [5.74, 6) is -0.508. The Balaban J connectivity index is 2.75. The summed E-state index contributed by atoms with van der Waals surface area (Å²) in [6.07, 6.45) is -0.250. The van der Waals surface area contributed by atoms with Crippen molar-refractivity contribution in [2.45, 2.75) is 26.9 Å². The van der Waals surface area contributed by atoms with Gasteiger partial charge in [-0.05, 0) is 39.0 Å². The number of rotatable bonds is 2. The first-order valence-electron chi connectivity index (χ1n) is 5.93. The number of hydrogen-bond donors (Lipinski definition) is 1. The van der Waals surface area contributed by atoms with Crippen molar-refractivity contribution in [3.63, 3.8) is 0 Å². The lowest BCUT2D eigenvalue weighted by molar-refractivity contribution is 0.0379. The molecule has 1 N–H and O–H groups in total. The van der Waals surface area contributed by atoms with Crippen molar-refractivity contribution in [1.29, 1.82) is 0 Å². The van der Waals surface area contributed by atoms with E-state index in [1.165, 1.54) is 0 Å². The number of carbonyl (C=O) groups is 1. The molecule has 0 amide bonds. The fraction of sp³-hybridized carbons (Fsp3) is 0.286. The second-order valence-electron chi connectivity index (χ2n) is 4.60. The van der Waals surface area contributed by atoms with Crippen LogP contribution in [-0.4, -0.2) is 17.1 Å². The van der Waals surface area contributed by atoms with Crippen LogP contribution in [0.1, 0.15) is 29.8 Å². The molecule has 0 aliphatic rings. The minimum atomic E-state index is -0.508. The van der Waals surface area contributed by atoms with Crippen LogP contribution in [-0.2, 0) is 4.74 Å². The van der Waals surface area contributed by atoms with E-state index in [4.69, 9.17) is 16.3 Å². The number of carbonyl (C=O) groups excluding carboxylic acids is 1. The monoisotopic (exact) mass is 279 g/mol. The summed E-state index contributed by atoms with van der Waals surface area (Å²) in [7, 11) is 0. The van der Waals surface area contributed by atoms with E-state index in [0.717, 1.165) is 0 Å². The highest BCUT2D eigenvalue weighted by atomic mass is 35.5. The standard InChI is InChI=1S/C14H14ClNO3/c1-7(2)19-14(18)12-8(3)13(17)16-11-5-4-9(15)6-10(11)12/h4-7H,1-3H3,(H,16,17). The van der Waals surface area contributed by atoms with Crippen LogP contribution in [0.25, 0.3) is 10.9 Å². The Morgan fingerprint density at radius 2 is 2.05 bits per heavy atom. The summed E-state index contributed by atoms with van der Waals surface area (Å²) in [6, 6.07) is 4.98. The number of hydrogen-bond acceptors (Lipinski definition) is 3.